The van der Waals surface area contributed by atoms with Gasteiger partial charge in [-0.2, -0.15) is 0 Å². The zero-order valence-electron chi connectivity index (χ0n) is 14.5. The minimum atomic E-state index is -0.605. The van der Waals surface area contributed by atoms with Gasteiger partial charge in [0.15, 0.2) is 0 Å². The molecule has 0 aromatic rings. The second-order valence-electron chi connectivity index (χ2n) is 6.01. The molecule has 3 atom stereocenters. The SMILES string of the molecule is CCNC(C)(CC(C)N(CC)CC(C)CC)C(=O)OC. The summed E-state index contributed by atoms with van der Waals surface area (Å²) in [6.07, 6.45) is 1.95. The molecule has 4 heteroatoms. The van der Waals surface area contributed by atoms with Crippen LogP contribution in [0.5, 0.6) is 0 Å². The van der Waals surface area contributed by atoms with Crippen molar-refractivity contribution in [1.29, 1.82) is 0 Å². The van der Waals surface area contributed by atoms with Crippen LogP contribution in [0.15, 0.2) is 0 Å². The largest absolute Gasteiger partial charge is 0.468 e. The van der Waals surface area contributed by atoms with Crippen LogP contribution in [0.4, 0.5) is 0 Å². The van der Waals surface area contributed by atoms with Crippen LogP contribution in [0, 0.1) is 5.92 Å². The van der Waals surface area contributed by atoms with Crippen molar-refractivity contribution in [3.8, 4) is 0 Å². The first-order valence-corrected chi connectivity index (χ1v) is 7.92. The zero-order chi connectivity index (χ0) is 15.8. The van der Waals surface area contributed by atoms with Gasteiger partial charge in [0.2, 0.25) is 0 Å². The third kappa shape index (κ3) is 5.80. The molecule has 120 valence electrons. The highest BCUT2D eigenvalue weighted by Gasteiger charge is 2.36. The monoisotopic (exact) mass is 286 g/mol. The van der Waals surface area contributed by atoms with Gasteiger partial charge < -0.3 is 15.0 Å². The van der Waals surface area contributed by atoms with Crippen LogP contribution in [0.3, 0.4) is 0 Å². The Labute approximate surface area is 125 Å². The Morgan fingerprint density at radius 3 is 2.30 bits per heavy atom. The molecular weight excluding hydrogens is 252 g/mol. The summed E-state index contributed by atoms with van der Waals surface area (Å²) in [7, 11) is 1.46. The van der Waals surface area contributed by atoms with Crippen LogP contribution in [-0.4, -0.2) is 49.2 Å². The summed E-state index contributed by atoms with van der Waals surface area (Å²) in [5, 5.41) is 3.29. The van der Waals surface area contributed by atoms with Crippen LogP contribution < -0.4 is 5.32 Å². The molecule has 4 nitrogen and oxygen atoms in total. The Balaban J connectivity index is 4.79. The molecule has 0 fully saturated rings. The molecule has 1 N–H and O–H groups in total. The van der Waals surface area contributed by atoms with E-state index in [1.807, 2.05) is 13.8 Å². The molecule has 0 aliphatic carbocycles. The van der Waals surface area contributed by atoms with Crippen molar-refractivity contribution in [2.45, 2.75) is 66.0 Å². The normalized spacial score (nSPS) is 17.6. The molecule has 20 heavy (non-hydrogen) atoms. The van der Waals surface area contributed by atoms with Crippen molar-refractivity contribution in [2.75, 3.05) is 26.7 Å². The van der Waals surface area contributed by atoms with Gasteiger partial charge in [0.1, 0.15) is 5.54 Å². The van der Waals surface area contributed by atoms with Gasteiger partial charge in [-0.25, -0.2) is 0 Å². The summed E-state index contributed by atoms with van der Waals surface area (Å²) in [5.74, 6) is 0.506. The highest BCUT2D eigenvalue weighted by molar-refractivity contribution is 5.80. The van der Waals surface area contributed by atoms with Crippen LogP contribution >= 0.6 is 0 Å². The number of methoxy groups -OCH3 is 1. The van der Waals surface area contributed by atoms with Crippen molar-refractivity contribution in [2.24, 2.45) is 5.92 Å². The number of esters is 1. The van der Waals surface area contributed by atoms with E-state index in [-0.39, 0.29) is 5.97 Å². The zero-order valence-corrected chi connectivity index (χ0v) is 14.5. The van der Waals surface area contributed by atoms with Crippen molar-refractivity contribution < 1.29 is 9.53 Å². The lowest BCUT2D eigenvalue weighted by atomic mass is 9.92. The van der Waals surface area contributed by atoms with Crippen molar-refractivity contribution in [3.63, 3.8) is 0 Å². The maximum atomic E-state index is 12.0. The molecule has 0 spiro atoms. The molecule has 0 rings (SSSR count). The molecule has 0 saturated carbocycles. The first-order chi connectivity index (χ1) is 9.34. The van der Waals surface area contributed by atoms with E-state index in [1.54, 1.807) is 0 Å². The number of hydrogen-bond donors (Lipinski definition) is 1. The van der Waals surface area contributed by atoms with Crippen molar-refractivity contribution >= 4 is 5.97 Å². The van der Waals surface area contributed by atoms with Crippen molar-refractivity contribution in [1.82, 2.24) is 10.2 Å². The van der Waals surface area contributed by atoms with Gasteiger partial charge in [-0.1, -0.05) is 34.1 Å². The number of likely N-dealkylation sites (N-methyl/N-ethyl adjacent to an activating group) is 1. The molecule has 0 radical (unpaired) electrons. The lowest BCUT2D eigenvalue weighted by Gasteiger charge is -2.36. The van der Waals surface area contributed by atoms with Gasteiger partial charge >= 0.3 is 5.97 Å². The number of nitrogens with one attached hydrogen (secondary N) is 1. The third-order valence-corrected chi connectivity index (χ3v) is 4.18. The molecule has 0 bridgehead atoms. The molecular formula is C16H34N2O2. The number of carbonyl (C=O) groups excluding carboxylic acids is 1. The molecule has 0 saturated heterocycles. The second-order valence-corrected chi connectivity index (χ2v) is 6.01. The van der Waals surface area contributed by atoms with Gasteiger partial charge in [-0.15, -0.1) is 0 Å². The topological polar surface area (TPSA) is 41.6 Å². The maximum Gasteiger partial charge on any atom is 0.325 e. The summed E-state index contributed by atoms with van der Waals surface area (Å²) in [6.45, 7) is 15.7. The van der Waals surface area contributed by atoms with Crippen LogP contribution in [0.2, 0.25) is 0 Å². The maximum absolute atomic E-state index is 12.0. The Hall–Kier alpha value is -0.610. The summed E-state index contributed by atoms with van der Waals surface area (Å²) in [6, 6.07) is 0.345. The van der Waals surface area contributed by atoms with E-state index in [1.165, 1.54) is 13.5 Å². The number of carbonyl (C=O) groups is 1. The Bertz CT molecular complexity index is 284. The summed E-state index contributed by atoms with van der Waals surface area (Å²) in [4.78, 5) is 14.5. The van der Waals surface area contributed by atoms with Crippen molar-refractivity contribution in [3.05, 3.63) is 0 Å². The van der Waals surface area contributed by atoms with Crippen LogP contribution in [0.25, 0.3) is 0 Å². The number of ether oxygens (including phenoxy) is 1. The van der Waals surface area contributed by atoms with E-state index in [0.717, 1.165) is 26.1 Å². The van der Waals surface area contributed by atoms with E-state index in [9.17, 15) is 4.79 Å². The average Bonchev–Trinajstić information content (AvgIpc) is 2.43. The van der Waals surface area contributed by atoms with E-state index in [2.05, 4.69) is 37.9 Å². The van der Waals surface area contributed by atoms with Gasteiger partial charge in [0.25, 0.3) is 0 Å². The van der Waals surface area contributed by atoms with Crippen LogP contribution in [-0.2, 0) is 9.53 Å². The summed E-state index contributed by atoms with van der Waals surface area (Å²) >= 11 is 0. The molecule has 0 heterocycles. The summed E-state index contributed by atoms with van der Waals surface area (Å²) < 4.78 is 4.96. The predicted octanol–water partition coefficient (Wildman–Crippen LogP) is 2.67. The standard InChI is InChI=1S/C16H34N2O2/c1-8-13(4)12-18(10-3)14(5)11-16(6,17-9-2)15(19)20-7/h13-14,17H,8-12H2,1-7H3. The smallest absolute Gasteiger partial charge is 0.325 e. The first-order valence-electron chi connectivity index (χ1n) is 7.92. The fourth-order valence-electron chi connectivity index (χ4n) is 2.71. The highest BCUT2D eigenvalue weighted by atomic mass is 16.5. The lowest BCUT2D eigenvalue weighted by Crippen LogP contribution is -2.54. The predicted molar refractivity (Wildman–Crippen MR) is 84.9 cm³/mol. The van der Waals surface area contributed by atoms with Gasteiger partial charge in [0, 0.05) is 12.6 Å². The average molecular weight is 286 g/mol. The van der Waals surface area contributed by atoms with Gasteiger partial charge in [0.05, 0.1) is 7.11 Å². The van der Waals surface area contributed by atoms with Gasteiger partial charge in [-0.3, -0.25) is 4.79 Å². The van der Waals surface area contributed by atoms with Crippen LogP contribution in [0.1, 0.15) is 54.4 Å². The number of hydrogen-bond acceptors (Lipinski definition) is 4. The van der Waals surface area contributed by atoms with E-state index in [0.29, 0.717) is 12.0 Å². The fraction of sp³-hybridized carbons (Fsp3) is 0.938. The summed E-state index contributed by atoms with van der Waals surface area (Å²) in [5.41, 5.74) is -0.605. The lowest BCUT2D eigenvalue weighted by molar-refractivity contribution is -0.148. The minimum Gasteiger partial charge on any atom is -0.468 e. The minimum absolute atomic E-state index is 0.175. The quantitative estimate of drug-likeness (QED) is 0.627. The van der Waals surface area contributed by atoms with E-state index in [4.69, 9.17) is 4.74 Å². The third-order valence-electron chi connectivity index (χ3n) is 4.18. The molecule has 0 aromatic carbocycles. The number of nitrogens with zero attached hydrogens (tertiary/aromatic N) is 1. The van der Waals surface area contributed by atoms with E-state index >= 15 is 0 Å². The first kappa shape index (κ1) is 19.4. The molecule has 0 aliphatic rings. The molecule has 0 aromatic heterocycles. The Morgan fingerprint density at radius 2 is 1.90 bits per heavy atom. The molecule has 3 unspecified atom stereocenters. The molecule has 0 amide bonds. The second kappa shape index (κ2) is 9.35. The Kier molecular flexibility index (Phi) is 9.06. The highest BCUT2D eigenvalue weighted by Crippen LogP contribution is 2.19. The fourth-order valence-corrected chi connectivity index (χ4v) is 2.71. The van der Waals surface area contributed by atoms with E-state index < -0.39 is 5.54 Å². The Morgan fingerprint density at radius 1 is 1.30 bits per heavy atom. The van der Waals surface area contributed by atoms with Gasteiger partial charge in [-0.05, 0) is 39.3 Å². The molecule has 0 aliphatic heterocycles. The number of rotatable bonds is 10.